The molecule has 0 unspecified atom stereocenters. The Morgan fingerprint density at radius 2 is 1.89 bits per heavy atom. The summed E-state index contributed by atoms with van der Waals surface area (Å²) >= 11 is 5.92. The molecule has 1 rings (SSSR count). The largest absolute Gasteiger partial charge is 0.241 e. The lowest BCUT2D eigenvalue weighted by Crippen LogP contribution is -2.49. The number of nitrogens with one attached hydrogen (secondary N) is 1. The summed E-state index contributed by atoms with van der Waals surface area (Å²) in [7, 11) is -3.51. The van der Waals surface area contributed by atoms with Gasteiger partial charge in [-0.3, -0.25) is 0 Å². The number of benzene rings is 1. The summed E-state index contributed by atoms with van der Waals surface area (Å²) in [5.41, 5.74) is 0.353. The molecule has 0 atom stereocenters. The van der Waals surface area contributed by atoms with Crippen molar-refractivity contribution < 1.29 is 8.42 Å². The third-order valence-electron chi connectivity index (χ3n) is 3.26. The molecule has 1 aromatic rings. The van der Waals surface area contributed by atoms with Gasteiger partial charge in [-0.1, -0.05) is 26.0 Å². The fraction of sp³-hybridized carbons (Fsp3) is 0.538. The van der Waals surface area contributed by atoms with Crippen molar-refractivity contribution in [1.29, 1.82) is 0 Å². The summed E-state index contributed by atoms with van der Waals surface area (Å²) in [5.74, 6) is 0.269. The standard InChI is InChI=1S/C13H20ClNO2S/c1-4-13(5-2,10-14)15-18(16,17)12-8-6-7-11(3)9-12/h6-9,15H,4-5,10H2,1-3H3. The Balaban J connectivity index is 3.08. The van der Waals surface area contributed by atoms with E-state index in [0.717, 1.165) is 5.56 Å². The van der Waals surface area contributed by atoms with Gasteiger partial charge in [0.15, 0.2) is 0 Å². The van der Waals surface area contributed by atoms with Crippen molar-refractivity contribution in [2.24, 2.45) is 0 Å². The number of hydrogen-bond donors (Lipinski definition) is 1. The first-order valence-electron chi connectivity index (χ1n) is 6.06. The van der Waals surface area contributed by atoms with Gasteiger partial charge >= 0.3 is 0 Å². The van der Waals surface area contributed by atoms with Crippen molar-refractivity contribution >= 4 is 21.6 Å². The lowest BCUT2D eigenvalue weighted by Gasteiger charge is -2.30. The predicted molar refractivity (Wildman–Crippen MR) is 75.5 cm³/mol. The second-order valence-corrected chi connectivity index (χ2v) is 6.49. The van der Waals surface area contributed by atoms with Crippen molar-refractivity contribution in [2.75, 3.05) is 5.88 Å². The van der Waals surface area contributed by atoms with Crippen LogP contribution in [0.2, 0.25) is 0 Å². The zero-order valence-corrected chi connectivity index (χ0v) is 12.6. The van der Waals surface area contributed by atoms with Crippen LogP contribution in [0.25, 0.3) is 0 Å². The van der Waals surface area contributed by atoms with Gasteiger partial charge in [-0.25, -0.2) is 13.1 Å². The van der Waals surface area contributed by atoms with Crippen LogP contribution in [0, 0.1) is 6.92 Å². The van der Waals surface area contributed by atoms with E-state index in [1.807, 2.05) is 26.8 Å². The van der Waals surface area contributed by atoms with Gasteiger partial charge in [-0.2, -0.15) is 0 Å². The molecule has 0 saturated carbocycles. The van der Waals surface area contributed by atoms with E-state index >= 15 is 0 Å². The van der Waals surface area contributed by atoms with E-state index in [9.17, 15) is 8.42 Å². The zero-order valence-electron chi connectivity index (χ0n) is 11.0. The van der Waals surface area contributed by atoms with Gasteiger partial charge in [-0.05, 0) is 37.5 Å². The van der Waals surface area contributed by atoms with Crippen LogP contribution in [-0.4, -0.2) is 19.8 Å². The number of rotatable bonds is 6. The third kappa shape index (κ3) is 3.46. The highest BCUT2D eigenvalue weighted by molar-refractivity contribution is 7.89. The van der Waals surface area contributed by atoms with E-state index < -0.39 is 15.6 Å². The number of alkyl halides is 1. The summed E-state index contributed by atoms with van der Waals surface area (Å²) in [6, 6.07) is 6.86. The maximum atomic E-state index is 12.3. The maximum absolute atomic E-state index is 12.3. The fourth-order valence-electron chi connectivity index (χ4n) is 1.74. The molecule has 1 aromatic carbocycles. The maximum Gasteiger partial charge on any atom is 0.241 e. The monoisotopic (exact) mass is 289 g/mol. The summed E-state index contributed by atoms with van der Waals surface area (Å²) in [5, 5.41) is 0. The highest BCUT2D eigenvalue weighted by atomic mass is 35.5. The average Bonchev–Trinajstić information content (AvgIpc) is 2.36. The molecule has 0 bridgehead atoms. The van der Waals surface area contributed by atoms with E-state index in [1.54, 1.807) is 18.2 Å². The van der Waals surface area contributed by atoms with Crippen LogP contribution in [0.15, 0.2) is 29.2 Å². The number of halogens is 1. The highest BCUT2D eigenvalue weighted by Gasteiger charge is 2.31. The Kier molecular flexibility index (Phi) is 5.20. The first kappa shape index (κ1) is 15.5. The molecule has 3 nitrogen and oxygen atoms in total. The molecule has 1 N–H and O–H groups in total. The lowest BCUT2D eigenvalue weighted by molar-refractivity contribution is 0.394. The van der Waals surface area contributed by atoms with Gasteiger partial charge in [0, 0.05) is 11.4 Å². The van der Waals surface area contributed by atoms with E-state index in [1.165, 1.54) is 0 Å². The summed E-state index contributed by atoms with van der Waals surface area (Å²) in [6.45, 7) is 5.74. The molecule has 0 spiro atoms. The van der Waals surface area contributed by atoms with Crippen molar-refractivity contribution in [3.05, 3.63) is 29.8 Å². The summed E-state index contributed by atoms with van der Waals surface area (Å²) in [6.07, 6.45) is 1.33. The third-order valence-corrected chi connectivity index (χ3v) is 5.35. The first-order chi connectivity index (χ1) is 8.39. The molecule has 0 aliphatic rings. The Morgan fingerprint density at radius 1 is 1.28 bits per heavy atom. The second-order valence-electron chi connectivity index (χ2n) is 4.54. The summed E-state index contributed by atoms with van der Waals surface area (Å²) < 4.78 is 27.4. The van der Waals surface area contributed by atoms with Gasteiger partial charge < -0.3 is 0 Å². The second kappa shape index (κ2) is 6.04. The lowest BCUT2D eigenvalue weighted by atomic mass is 9.97. The van der Waals surface area contributed by atoms with E-state index in [0.29, 0.717) is 17.7 Å². The molecule has 0 amide bonds. The number of hydrogen-bond acceptors (Lipinski definition) is 2. The number of sulfonamides is 1. The summed E-state index contributed by atoms with van der Waals surface area (Å²) in [4.78, 5) is 0.291. The van der Waals surface area contributed by atoms with Crippen molar-refractivity contribution in [3.63, 3.8) is 0 Å². The first-order valence-corrected chi connectivity index (χ1v) is 8.07. The van der Waals surface area contributed by atoms with Crippen LogP contribution >= 0.6 is 11.6 Å². The highest BCUT2D eigenvalue weighted by Crippen LogP contribution is 2.21. The fourth-order valence-corrected chi connectivity index (χ4v) is 3.91. The SMILES string of the molecule is CCC(CC)(CCl)NS(=O)(=O)c1cccc(C)c1. The molecule has 0 saturated heterocycles. The van der Waals surface area contributed by atoms with Crippen LogP contribution in [0.4, 0.5) is 0 Å². The minimum Gasteiger partial charge on any atom is -0.207 e. The molecule has 5 heteroatoms. The average molecular weight is 290 g/mol. The van der Waals surface area contributed by atoms with Crippen molar-refractivity contribution in [2.45, 2.75) is 44.0 Å². The number of aryl methyl sites for hydroxylation is 1. The molecular weight excluding hydrogens is 270 g/mol. The Bertz CT molecular complexity index is 487. The van der Waals surface area contributed by atoms with Gasteiger partial charge in [0.25, 0.3) is 0 Å². The molecule has 102 valence electrons. The molecule has 0 radical (unpaired) electrons. The van der Waals surface area contributed by atoms with Gasteiger partial charge in [0.2, 0.25) is 10.0 Å². The zero-order chi connectivity index (χ0) is 13.8. The van der Waals surface area contributed by atoms with Crippen LogP contribution in [0.3, 0.4) is 0 Å². The Labute approximate surface area is 115 Å². The van der Waals surface area contributed by atoms with Crippen LogP contribution in [0.5, 0.6) is 0 Å². The molecular formula is C13H20ClNO2S. The molecule has 18 heavy (non-hydrogen) atoms. The quantitative estimate of drug-likeness (QED) is 0.818. The van der Waals surface area contributed by atoms with Crippen molar-refractivity contribution in [1.82, 2.24) is 4.72 Å². The Hall–Kier alpha value is -0.580. The van der Waals surface area contributed by atoms with Crippen LogP contribution < -0.4 is 4.72 Å². The van der Waals surface area contributed by atoms with E-state index in [2.05, 4.69) is 4.72 Å². The predicted octanol–water partition coefficient (Wildman–Crippen LogP) is 3.07. The normalized spacial score (nSPS) is 12.7. The molecule has 0 heterocycles. The topological polar surface area (TPSA) is 46.2 Å². The molecule has 0 aromatic heterocycles. The van der Waals surface area contributed by atoms with Crippen LogP contribution in [-0.2, 0) is 10.0 Å². The van der Waals surface area contributed by atoms with Crippen LogP contribution in [0.1, 0.15) is 32.3 Å². The van der Waals surface area contributed by atoms with Gasteiger partial charge in [0.1, 0.15) is 0 Å². The molecule has 0 fully saturated rings. The van der Waals surface area contributed by atoms with Gasteiger partial charge in [0.05, 0.1) is 4.90 Å². The Morgan fingerprint density at radius 3 is 2.33 bits per heavy atom. The van der Waals surface area contributed by atoms with Gasteiger partial charge in [-0.15, -0.1) is 11.6 Å². The van der Waals surface area contributed by atoms with E-state index in [4.69, 9.17) is 11.6 Å². The van der Waals surface area contributed by atoms with E-state index in [-0.39, 0.29) is 5.88 Å². The minimum atomic E-state index is -3.51. The van der Waals surface area contributed by atoms with Crippen molar-refractivity contribution in [3.8, 4) is 0 Å². The smallest absolute Gasteiger partial charge is 0.207 e. The molecule has 0 aliphatic heterocycles. The molecule has 0 aliphatic carbocycles. The minimum absolute atomic E-state index is 0.269.